The Balaban J connectivity index is 0.669. The van der Waals surface area contributed by atoms with Gasteiger partial charge in [0, 0.05) is 73.7 Å². The summed E-state index contributed by atoms with van der Waals surface area (Å²) in [7, 11) is 0. The van der Waals surface area contributed by atoms with Gasteiger partial charge in [-0.3, -0.25) is 0 Å². The molecular weight excluding hydrogens is 1470 g/mol. The molecule has 0 aliphatic heterocycles. The van der Waals surface area contributed by atoms with Crippen molar-refractivity contribution in [3.63, 3.8) is 0 Å². The summed E-state index contributed by atoms with van der Waals surface area (Å²) in [4.78, 5) is 32.8. The first-order valence-electron chi connectivity index (χ1n) is 39.9. The van der Waals surface area contributed by atoms with Crippen LogP contribution in [0.25, 0.3) is 240 Å². The summed E-state index contributed by atoms with van der Waals surface area (Å²) in [5.41, 5.74) is 21.5. The lowest BCUT2D eigenvalue weighted by molar-refractivity contribution is 1.08. The predicted molar refractivity (Wildman–Crippen MR) is 497 cm³/mol. The van der Waals surface area contributed by atoms with E-state index in [9.17, 15) is 0 Å². The van der Waals surface area contributed by atoms with E-state index in [0.717, 1.165) is 140 Å². The second-order valence-corrected chi connectivity index (χ2v) is 32.2. The van der Waals surface area contributed by atoms with Crippen LogP contribution in [0, 0.1) is 0 Å². The predicted octanol–water partition coefficient (Wildman–Crippen LogP) is 30.2. The standard InChI is InChI=1S/C110H66N6S2/c1-5-31-67(32-6-1)68-59-61-70(62-60-68)98-78-42-15-17-44-80(78)99(81-45-18-16-43-79(81)98)86-50-23-25-52-90(86)107-112-106(72-37-11-4-12-38-72)114-110(116-107)93-57-30-55-89-76-64-63-73(65-97(76)118-104(89)93)94-66-95(69-33-7-2-8-34-69)102(77-41-14-13-39-74(77)94)101-84-48-21-19-46-82(84)100(83-47-20-22-49-85(83)101)87-51-24-26-53-91(87)108-111-105(71-35-9-3-10-36-71)113-109(115-108)92-56-29-54-88-75-40-27-28-58-96(75)117-103(88)92/h1-66H. The molecule has 6 nitrogen and oxygen atoms in total. The summed E-state index contributed by atoms with van der Waals surface area (Å²) >= 11 is 3.58. The van der Waals surface area contributed by atoms with Crippen molar-refractivity contribution in [1.29, 1.82) is 0 Å². The van der Waals surface area contributed by atoms with E-state index in [0.29, 0.717) is 34.9 Å². The van der Waals surface area contributed by atoms with Gasteiger partial charge in [-0.05, 0) is 162 Å². The van der Waals surface area contributed by atoms with Crippen LogP contribution in [0.15, 0.2) is 400 Å². The number of benzene rings is 19. The molecule has 0 bridgehead atoms. The smallest absolute Gasteiger partial charge is 0.165 e. The van der Waals surface area contributed by atoms with Crippen molar-refractivity contribution in [3.8, 4) is 146 Å². The number of fused-ring (bicyclic) bond motifs is 11. The summed E-state index contributed by atoms with van der Waals surface area (Å²) in [6, 6.07) is 145. The zero-order valence-electron chi connectivity index (χ0n) is 63.6. The fourth-order valence-corrected chi connectivity index (χ4v) is 20.6. The molecule has 0 radical (unpaired) electrons. The molecule has 23 aromatic rings. The Labute approximate surface area is 688 Å². The van der Waals surface area contributed by atoms with Crippen LogP contribution in [0.3, 0.4) is 0 Å². The van der Waals surface area contributed by atoms with Gasteiger partial charge in [0.2, 0.25) is 0 Å². The number of rotatable bonds is 13. The summed E-state index contributed by atoms with van der Waals surface area (Å²) in [6.07, 6.45) is 0. The fraction of sp³-hybridized carbons (Fsp3) is 0. The van der Waals surface area contributed by atoms with Crippen LogP contribution in [-0.2, 0) is 0 Å². The third kappa shape index (κ3) is 11.5. The van der Waals surface area contributed by atoms with Gasteiger partial charge in [0.25, 0.3) is 0 Å². The Hall–Kier alpha value is -15.1. The van der Waals surface area contributed by atoms with Crippen molar-refractivity contribution in [2.45, 2.75) is 0 Å². The second kappa shape index (κ2) is 28.5. The number of nitrogens with zero attached hydrogens (tertiary/aromatic N) is 6. The second-order valence-electron chi connectivity index (χ2n) is 30.1. The molecule has 0 saturated heterocycles. The van der Waals surface area contributed by atoms with Gasteiger partial charge >= 0.3 is 0 Å². The van der Waals surface area contributed by atoms with Crippen molar-refractivity contribution in [1.82, 2.24) is 29.9 Å². The molecule has 0 unspecified atom stereocenters. The van der Waals surface area contributed by atoms with E-state index in [1.807, 2.05) is 24.3 Å². The average Bonchev–Trinajstić information content (AvgIpc) is 1.23. The SMILES string of the molecule is c1ccc(-c2ccc(-c3c4ccccc4c(-c4ccccc4-c4nc(-c5ccccc5)nc(-c5cccc6c5sc5cc(-c7cc(-c8ccccc8)c(-c8c9ccccc9c(-c9ccccc9-c9nc(-c%10ccccc%10)nc(-c%10cccc%11c%10sc%10ccccc%10%11)n9)c9ccccc89)c8ccccc78)ccc56)n4)c4ccccc34)cc2)cc1. The summed E-state index contributed by atoms with van der Waals surface area (Å²) in [5, 5.41) is 16.2. The van der Waals surface area contributed by atoms with Crippen LogP contribution >= 0.6 is 22.7 Å². The van der Waals surface area contributed by atoms with Crippen LogP contribution in [0.2, 0.25) is 0 Å². The molecule has 0 N–H and O–H groups in total. The van der Waals surface area contributed by atoms with Gasteiger partial charge in [-0.25, -0.2) is 29.9 Å². The third-order valence-electron chi connectivity index (χ3n) is 23.4. The minimum absolute atomic E-state index is 0.598. The summed E-state index contributed by atoms with van der Waals surface area (Å²) in [6.45, 7) is 0. The van der Waals surface area contributed by atoms with Gasteiger partial charge in [-0.15, -0.1) is 22.7 Å². The highest BCUT2D eigenvalue weighted by atomic mass is 32.1. The third-order valence-corrected chi connectivity index (χ3v) is 25.8. The monoisotopic (exact) mass is 1530 g/mol. The molecule has 0 amide bonds. The van der Waals surface area contributed by atoms with Gasteiger partial charge in [-0.2, -0.15) is 0 Å². The molecule has 548 valence electrons. The molecule has 0 saturated carbocycles. The normalized spacial score (nSPS) is 11.7. The van der Waals surface area contributed by atoms with Crippen molar-refractivity contribution in [2.24, 2.45) is 0 Å². The van der Waals surface area contributed by atoms with Gasteiger partial charge < -0.3 is 0 Å². The molecule has 23 rings (SSSR count). The van der Waals surface area contributed by atoms with Crippen LogP contribution in [0.4, 0.5) is 0 Å². The maximum absolute atomic E-state index is 5.62. The van der Waals surface area contributed by atoms with Crippen LogP contribution in [-0.4, -0.2) is 29.9 Å². The van der Waals surface area contributed by atoms with E-state index >= 15 is 0 Å². The molecule has 0 atom stereocenters. The van der Waals surface area contributed by atoms with Crippen molar-refractivity contribution in [3.05, 3.63) is 400 Å². The maximum Gasteiger partial charge on any atom is 0.165 e. The van der Waals surface area contributed by atoms with Crippen molar-refractivity contribution in [2.75, 3.05) is 0 Å². The highest BCUT2D eigenvalue weighted by Crippen LogP contribution is 2.54. The molecule has 8 heteroatoms. The van der Waals surface area contributed by atoms with Crippen LogP contribution < -0.4 is 0 Å². The number of aromatic nitrogens is 6. The number of hydrogen-bond donors (Lipinski definition) is 0. The molecule has 0 fully saturated rings. The molecule has 0 aliphatic carbocycles. The van der Waals surface area contributed by atoms with E-state index < -0.39 is 0 Å². The lowest BCUT2D eigenvalue weighted by Gasteiger charge is -2.23. The number of thiophene rings is 2. The quantitative estimate of drug-likeness (QED) is 0.107. The van der Waals surface area contributed by atoms with Crippen LogP contribution in [0.5, 0.6) is 0 Å². The fourth-order valence-electron chi connectivity index (χ4n) is 18.1. The first-order chi connectivity index (χ1) is 58.5. The van der Waals surface area contributed by atoms with Gasteiger partial charge in [0.1, 0.15) is 0 Å². The topological polar surface area (TPSA) is 77.3 Å². The Bertz CT molecular complexity index is 7860. The van der Waals surface area contributed by atoms with E-state index in [-0.39, 0.29) is 0 Å². The maximum atomic E-state index is 5.62. The summed E-state index contributed by atoms with van der Waals surface area (Å²) in [5.74, 6) is 3.66. The zero-order valence-corrected chi connectivity index (χ0v) is 65.2. The molecule has 118 heavy (non-hydrogen) atoms. The highest BCUT2D eigenvalue weighted by Gasteiger charge is 2.28. The van der Waals surface area contributed by atoms with Gasteiger partial charge in [0.05, 0.1) is 0 Å². The highest BCUT2D eigenvalue weighted by molar-refractivity contribution is 7.26. The van der Waals surface area contributed by atoms with Crippen molar-refractivity contribution < 1.29 is 0 Å². The Morgan fingerprint density at radius 2 is 0.441 bits per heavy atom. The lowest BCUT2D eigenvalue weighted by Crippen LogP contribution is -2.01. The first kappa shape index (κ1) is 68.5. The lowest BCUT2D eigenvalue weighted by atomic mass is 9.80. The largest absolute Gasteiger partial charge is 0.208 e. The van der Waals surface area contributed by atoms with Gasteiger partial charge in [-0.1, -0.05) is 370 Å². The average molecular weight is 1540 g/mol. The molecule has 4 aromatic heterocycles. The molecule has 4 heterocycles. The Kier molecular flexibility index (Phi) is 16.5. The minimum Gasteiger partial charge on any atom is -0.208 e. The Morgan fingerprint density at radius 1 is 0.136 bits per heavy atom. The van der Waals surface area contributed by atoms with Gasteiger partial charge in [0.15, 0.2) is 34.9 Å². The number of hydrogen-bond acceptors (Lipinski definition) is 8. The van der Waals surface area contributed by atoms with E-state index in [2.05, 4.69) is 376 Å². The summed E-state index contributed by atoms with van der Waals surface area (Å²) < 4.78 is 4.65. The van der Waals surface area contributed by atoms with Crippen LogP contribution in [0.1, 0.15) is 0 Å². The van der Waals surface area contributed by atoms with E-state index in [1.54, 1.807) is 22.7 Å². The molecular formula is C110H66N6S2. The molecule has 0 spiro atoms. The van der Waals surface area contributed by atoms with Crippen molar-refractivity contribution >= 4 is 117 Å². The first-order valence-corrected chi connectivity index (χ1v) is 41.5. The molecule has 19 aromatic carbocycles. The Morgan fingerprint density at radius 3 is 0.915 bits per heavy atom. The zero-order chi connectivity index (χ0) is 77.7. The van der Waals surface area contributed by atoms with E-state index in [4.69, 9.17) is 29.9 Å². The van der Waals surface area contributed by atoms with E-state index in [1.165, 1.54) is 65.0 Å². The minimum atomic E-state index is 0.598. The molecule has 0 aliphatic rings.